The van der Waals surface area contributed by atoms with Crippen LogP contribution in [0.3, 0.4) is 0 Å². The topological polar surface area (TPSA) is 126 Å². The van der Waals surface area contributed by atoms with E-state index < -0.39 is 18.3 Å². The fourth-order valence-electron chi connectivity index (χ4n) is 2.79. The number of carbonyl (C=O) groups excluding carboxylic acids is 1. The van der Waals surface area contributed by atoms with Crippen LogP contribution in [-0.2, 0) is 19.0 Å². The quantitative estimate of drug-likeness (QED) is 0.162. The molecule has 0 aliphatic carbocycles. The van der Waals surface area contributed by atoms with Gasteiger partial charge >= 0.3 is 5.97 Å². The van der Waals surface area contributed by atoms with Crippen LogP contribution in [0.4, 0.5) is 0 Å². The number of unbranched alkanes of at least 4 members (excludes halogenated alkanes) is 8. The Labute approximate surface area is 175 Å². The summed E-state index contributed by atoms with van der Waals surface area (Å²) in [5.74, 6) is -0.314. The lowest BCUT2D eigenvalue weighted by molar-refractivity contribution is -0.154. The first-order valence-electron chi connectivity index (χ1n) is 11.0. The van der Waals surface area contributed by atoms with Gasteiger partial charge in [-0.25, -0.2) is 0 Å². The first-order valence-corrected chi connectivity index (χ1v) is 11.0. The van der Waals surface area contributed by atoms with Crippen molar-refractivity contribution in [2.75, 3.05) is 39.6 Å². The largest absolute Gasteiger partial charge is 0.463 e. The van der Waals surface area contributed by atoms with Crippen LogP contribution in [0.15, 0.2) is 0 Å². The van der Waals surface area contributed by atoms with Crippen LogP contribution in [0.25, 0.3) is 0 Å². The molecule has 0 rings (SSSR count). The van der Waals surface area contributed by atoms with Gasteiger partial charge in [-0.2, -0.15) is 0 Å². The molecule has 0 heterocycles. The van der Waals surface area contributed by atoms with Crippen molar-refractivity contribution in [3.63, 3.8) is 0 Å². The smallest absolute Gasteiger partial charge is 0.305 e. The molecule has 0 bridgehead atoms. The van der Waals surface area contributed by atoms with Crippen molar-refractivity contribution in [3.05, 3.63) is 0 Å². The zero-order valence-corrected chi connectivity index (χ0v) is 18.0. The summed E-state index contributed by atoms with van der Waals surface area (Å²) in [6.45, 7) is 0.600. The highest BCUT2D eigenvalue weighted by molar-refractivity contribution is 5.69. The molecule has 4 N–H and O–H groups in total. The molecule has 0 saturated carbocycles. The number of esters is 1. The molecule has 0 radical (unpaired) electrons. The fourth-order valence-corrected chi connectivity index (χ4v) is 2.79. The predicted octanol–water partition coefficient (Wildman–Crippen LogP) is 1.56. The second-order valence-electron chi connectivity index (χ2n) is 7.33. The summed E-state index contributed by atoms with van der Waals surface area (Å²) in [5.41, 5.74) is 0. The van der Waals surface area contributed by atoms with Gasteiger partial charge in [-0.1, -0.05) is 58.3 Å². The van der Waals surface area contributed by atoms with Crippen molar-refractivity contribution in [2.24, 2.45) is 0 Å². The van der Waals surface area contributed by atoms with Crippen molar-refractivity contribution >= 4 is 5.97 Å². The van der Waals surface area contributed by atoms with Crippen molar-refractivity contribution in [1.29, 1.82) is 0 Å². The monoisotopic (exact) mass is 422 g/mol. The summed E-state index contributed by atoms with van der Waals surface area (Å²) >= 11 is 0. The number of ether oxygens (including phenoxy) is 3. The molecule has 2 atom stereocenters. The van der Waals surface area contributed by atoms with E-state index in [1.807, 2.05) is 0 Å². The minimum Gasteiger partial charge on any atom is -0.463 e. The van der Waals surface area contributed by atoms with Crippen molar-refractivity contribution in [2.45, 2.75) is 89.4 Å². The van der Waals surface area contributed by atoms with Crippen LogP contribution in [0, 0.1) is 0 Å². The maximum Gasteiger partial charge on any atom is 0.305 e. The summed E-state index contributed by atoms with van der Waals surface area (Å²) in [7, 11) is 0. The van der Waals surface area contributed by atoms with E-state index in [1.54, 1.807) is 0 Å². The average molecular weight is 423 g/mol. The fraction of sp³-hybridized carbons (Fsp3) is 0.952. The maximum atomic E-state index is 11.8. The first-order chi connectivity index (χ1) is 14.1. The number of aliphatic hydroxyl groups is 4. The number of carbonyl (C=O) groups is 1. The first kappa shape index (κ1) is 28.2. The highest BCUT2D eigenvalue weighted by Gasteiger charge is 2.18. The molecule has 29 heavy (non-hydrogen) atoms. The minimum absolute atomic E-state index is 0.0615. The third-order valence-corrected chi connectivity index (χ3v) is 4.63. The van der Waals surface area contributed by atoms with Crippen LogP contribution >= 0.6 is 0 Å². The van der Waals surface area contributed by atoms with E-state index in [4.69, 9.17) is 24.4 Å². The Morgan fingerprint density at radius 1 is 0.690 bits per heavy atom. The lowest BCUT2D eigenvalue weighted by Crippen LogP contribution is -2.36. The Bertz CT molecular complexity index is 363. The van der Waals surface area contributed by atoms with Gasteiger partial charge in [-0.3, -0.25) is 4.79 Å². The summed E-state index contributed by atoms with van der Waals surface area (Å²) in [5, 5.41) is 36.6. The Morgan fingerprint density at radius 3 is 1.72 bits per heavy atom. The second kappa shape index (κ2) is 20.5. The van der Waals surface area contributed by atoms with Gasteiger partial charge < -0.3 is 34.6 Å². The Balaban J connectivity index is 3.82. The van der Waals surface area contributed by atoms with E-state index in [-0.39, 0.29) is 45.6 Å². The molecule has 0 spiro atoms. The summed E-state index contributed by atoms with van der Waals surface area (Å²) in [4.78, 5) is 11.8. The highest BCUT2D eigenvalue weighted by atomic mass is 16.6. The molecule has 0 saturated heterocycles. The standard InChI is InChI=1S/C21H42O8/c1-2-3-4-5-6-7-8-9-10-11-21(26)28-16-19(14-24)27-17-20(15-25)29-18(12-22)13-23/h18-20,22-25H,2-17H2,1H3/t19-,20-/m1/s1. The third-order valence-electron chi connectivity index (χ3n) is 4.63. The van der Waals surface area contributed by atoms with Gasteiger partial charge in [0.05, 0.1) is 33.0 Å². The maximum absolute atomic E-state index is 11.8. The molecule has 0 fully saturated rings. The van der Waals surface area contributed by atoms with Crippen molar-refractivity contribution in [1.82, 2.24) is 0 Å². The number of hydrogen-bond acceptors (Lipinski definition) is 8. The summed E-state index contributed by atoms with van der Waals surface area (Å²) in [6, 6.07) is 0. The SMILES string of the molecule is CCCCCCCCCCCC(=O)OC[C@@H](CO)OC[C@@H](CO)OC(CO)CO. The zero-order valence-electron chi connectivity index (χ0n) is 18.0. The van der Waals surface area contributed by atoms with Crippen LogP contribution in [0.5, 0.6) is 0 Å². The van der Waals surface area contributed by atoms with Gasteiger partial charge in [0.25, 0.3) is 0 Å². The Morgan fingerprint density at radius 2 is 1.21 bits per heavy atom. The molecule has 0 aromatic rings. The molecule has 8 nitrogen and oxygen atoms in total. The van der Waals surface area contributed by atoms with Crippen LogP contribution in [-0.4, -0.2) is 84.3 Å². The lowest BCUT2D eigenvalue weighted by atomic mass is 10.1. The van der Waals surface area contributed by atoms with Gasteiger partial charge in [-0.05, 0) is 6.42 Å². The lowest BCUT2D eigenvalue weighted by Gasteiger charge is -2.23. The van der Waals surface area contributed by atoms with Gasteiger partial charge in [-0.15, -0.1) is 0 Å². The minimum atomic E-state index is -0.808. The van der Waals surface area contributed by atoms with Gasteiger partial charge in [0, 0.05) is 6.42 Å². The van der Waals surface area contributed by atoms with Gasteiger partial charge in [0.2, 0.25) is 0 Å². The summed E-state index contributed by atoms with van der Waals surface area (Å²) in [6.07, 6.45) is 8.64. The molecule has 8 heteroatoms. The molecule has 174 valence electrons. The number of rotatable bonds is 21. The Kier molecular flexibility index (Phi) is 20.0. The van der Waals surface area contributed by atoms with E-state index in [0.29, 0.717) is 6.42 Å². The van der Waals surface area contributed by atoms with E-state index in [9.17, 15) is 15.0 Å². The molecular weight excluding hydrogens is 380 g/mol. The highest BCUT2D eigenvalue weighted by Crippen LogP contribution is 2.11. The normalized spacial score (nSPS) is 13.6. The summed E-state index contributed by atoms with van der Waals surface area (Å²) < 4.78 is 15.8. The van der Waals surface area contributed by atoms with Crippen molar-refractivity contribution in [3.8, 4) is 0 Å². The molecular formula is C21H42O8. The molecule has 0 unspecified atom stereocenters. The third kappa shape index (κ3) is 16.7. The molecule has 0 aromatic carbocycles. The number of hydrogen-bond donors (Lipinski definition) is 4. The van der Waals surface area contributed by atoms with Gasteiger partial charge in [0.15, 0.2) is 0 Å². The number of aliphatic hydroxyl groups excluding tert-OH is 4. The van der Waals surface area contributed by atoms with E-state index in [2.05, 4.69) is 6.92 Å². The van der Waals surface area contributed by atoms with Crippen LogP contribution < -0.4 is 0 Å². The Hall–Kier alpha value is -0.770. The molecule has 0 aliphatic rings. The molecule has 0 amide bonds. The van der Waals surface area contributed by atoms with Crippen molar-refractivity contribution < 1.29 is 39.4 Å². The molecule has 0 aliphatic heterocycles. The zero-order chi connectivity index (χ0) is 21.7. The van der Waals surface area contributed by atoms with E-state index >= 15 is 0 Å². The van der Waals surface area contributed by atoms with E-state index in [1.165, 1.54) is 38.5 Å². The van der Waals surface area contributed by atoms with Crippen LogP contribution in [0.1, 0.15) is 71.1 Å². The second-order valence-corrected chi connectivity index (χ2v) is 7.33. The predicted molar refractivity (Wildman–Crippen MR) is 110 cm³/mol. The van der Waals surface area contributed by atoms with Gasteiger partial charge in [0.1, 0.15) is 24.9 Å². The molecule has 0 aromatic heterocycles. The average Bonchev–Trinajstić information content (AvgIpc) is 2.74. The van der Waals surface area contributed by atoms with E-state index in [0.717, 1.165) is 19.3 Å². The van der Waals surface area contributed by atoms with Crippen LogP contribution in [0.2, 0.25) is 0 Å².